The van der Waals surface area contributed by atoms with E-state index in [-0.39, 0.29) is 31.9 Å². The van der Waals surface area contributed by atoms with E-state index in [0.717, 1.165) is 12.8 Å². The zero-order valence-corrected chi connectivity index (χ0v) is 10.1. The molecule has 6 heteroatoms. The molecule has 0 N–H and O–H groups in total. The van der Waals surface area contributed by atoms with E-state index < -0.39 is 0 Å². The second kappa shape index (κ2) is 5.89. The molecule has 0 saturated heterocycles. The Morgan fingerprint density at radius 3 is 2.38 bits per heavy atom. The van der Waals surface area contributed by atoms with Gasteiger partial charge in [-0.15, -0.1) is 0 Å². The van der Waals surface area contributed by atoms with Gasteiger partial charge in [-0.2, -0.15) is 0 Å². The topological polar surface area (TPSA) is 55.8 Å². The summed E-state index contributed by atoms with van der Waals surface area (Å²) in [7, 11) is 3.00. The molecular formula is C10H18BNO4. The Labute approximate surface area is 96.2 Å². The van der Waals surface area contributed by atoms with Crippen molar-refractivity contribution in [3.63, 3.8) is 0 Å². The summed E-state index contributed by atoms with van der Waals surface area (Å²) in [6.07, 6.45) is 2.29. The summed E-state index contributed by atoms with van der Waals surface area (Å²) in [5, 5.41) is 0. The van der Waals surface area contributed by atoms with E-state index in [0.29, 0.717) is 5.82 Å². The molecule has 1 saturated carbocycles. The Morgan fingerprint density at radius 1 is 1.31 bits per heavy atom. The highest BCUT2D eigenvalue weighted by atomic mass is 16.5. The van der Waals surface area contributed by atoms with Crippen molar-refractivity contribution in [1.82, 2.24) is 4.90 Å². The molecule has 1 aliphatic rings. The predicted octanol–water partition coefficient (Wildman–Crippen LogP) is 0.420. The maximum absolute atomic E-state index is 11.4. The summed E-state index contributed by atoms with van der Waals surface area (Å²) in [5.74, 6) is -0.105. The molecule has 16 heavy (non-hydrogen) atoms. The first-order valence-electron chi connectivity index (χ1n) is 5.47. The van der Waals surface area contributed by atoms with Crippen molar-refractivity contribution in [2.45, 2.75) is 25.5 Å². The van der Waals surface area contributed by atoms with Gasteiger partial charge in [-0.1, -0.05) is 12.8 Å². The summed E-state index contributed by atoms with van der Waals surface area (Å²) in [6, 6.07) is 0. The Kier molecular flexibility index (Phi) is 4.80. The van der Waals surface area contributed by atoms with Gasteiger partial charge in [0.1, 0.15) is 0 Å². The normalized spacial score (nSPS) is 14.8. The van der Waals surface area contributed by atoms with Gasteiger partial charge >= 0.3 is 18.9 Å². The highest BCUT2D eigenvalue weighted by Gasteiger charge is 2.35. The SMILES string of the molecule is COC(=O)CN(C)CC(=O)OB(C)C1CC1. The molecule has 0 amide bonds. The fourth-order valence-electron chi connectivity index (χ4n) is 1.47. The Hall–Kier alpha value is -1.04. The highest BCUT2D eigenvalue weighted by molar-refractivity contribution is 6.55. The lowest BCUT2D eigenvalue weighted by molar-refractivity contribution is -0.142. The molecular weight excluding hydrogens is 209 g/mol. The minimum Gasteiger partial charge on any atom is -0.535 e. The van der Waals surface area contributed by atoms with Crippen molar-refractivity contribution in [3.8, 4) is 0 Å². The molecule has 5 nitrogen and oxygen atoms in total. The van der Waals surface area contributed by atoms with E-state index in [1.807, 2.05) is 6.82 Å². The maximum Gasteiger partial charge on any atom is 0.361 e. The molecule has 0 aliphatic heterocycles. The van der Waals surface area contributed by atoms with E-state index in [9.17, 15) is 9.59 Å². The first-order valence-corrected chi connectivity index (χ1v) is 5.47. The van der Waals surface area contributed by atoms with Gasteiger partial charge in [0.05, 0.1) is 20.2 Å². The molecule has 90 valence electrons. The number of hydrogen-bond donors (Lipinski definition) is 0. The highest BCUT2D eigenvalue weighted by Crippen LogP contribution is 2.39. The number of likely N-dealkylation sites (N-methyl/N-ethyl adjacent to an activating group) is 1. The van der Waals surface area contributed by atoms with Crippen LogP contribution in [0.3, 0.4) is 0 Å². The smallest absolute Gasteiger partial charge is 0.361 e. The van der Waals surface area contributed by atoms with E-state index >= 15 is 0 Å². The molecule has 0 unspecified atom stereocenters. The predicted molar refractivity (Wildman–Crippen MR) is 60.2 cm³/mol. The molecule has 0 radical (unpaired) electrons. The van der Waals surface area contributed by atoms with E-state index in [1.165, 1.54) is 7.11 Å². The van der Waals surface area contributed by atoms with Crippen LogP contribution in [0.1, 0.15) is 12.8 Å². The van der Waals surface area contributed by atoms with Gasteiger partial charge in [-0.25, -0.2) is 0 Å². The van der Waals surface area contributed by atoms with Crippen molar-refractivity contribution in [3.05, 3.63) is 0 Å². The van der Waals surface area contributed by atoms with Crippen molar-refractivity contribution < 1.29 is 19.0 Å². The summed E-state index contributed by atoms with van der Waals surface area (Å²) in [4.78, 5) is 24.0. The zero-order chi connectivity index (χ0) is 12.1. The van der Waals surface area contributed by atoms with E-state index in [4.69, 9.17) is 4.65 Å². The third-order valence-corrected chi connectivity index (χ3v) is 2.63. The van der Waals surface area contributed by atoms with E-state index in [1.54, 1.807) is 11.9 Å². The van der Waals surface area contributed by atoms with Gasteiger partial charge in [0.2, 0.25) is 0 Å². The quantitative estimate of drug-likeness (QED) is 0.486. The van der Waals surface area contributed by atoms with Gasteiger partial charge in [0.15, 0.2) is 0 Å². The Balaban J connectivity index is 2.19. The summed E-state index contributed by atoms with van der Waals surface area (Å²) >= 11 is 0. The molecule has 0 bridgehead atoms. The second-order valence-corrected chi connectivity index (χ2v) is 4.28. The number of carbonyl (C=O) groups excluding carboxylic acids is 2. The summed E-state index contributed by atoms with van der Waals surface area (Å²) in [5.41, 5.74) is 0. The van der Waals surface area contributed by atoms with Crippen LogP contribution in [0.2, 0.25) is 12.6 Å². The molecule has 0 aromatic heterocycles. The molecule has 1 fully saturated rings. The van der Waals surface area contributed by atoms with Crippen LogP contribution in [0.25, 0.3) is 0 Å². The van der Waals surface area contributed by atoms with Gasteiger partial charge in [-0.3, -0.25) is 14.5 Å². The van der Waals surface area contributed by atoms with Crippen LogP contribution < -0.4 is 0 Å². The number of ether oxygens (including phenoxy) is 1. The van der Waals surface area contributed by atoms with Gasteiger partial charge < -0.3 is 9.39 Å². The molecule has 0 heterocycles. The van der Waals surface area contributed by atoms with Gasteiger partial charge in [-0.05, 0) is 19.7 Å². The van der Waals surface area contributed by atoms with Crippen LogP contribution >= 0.6 is 0 Å². The van der Waals surface area contributed by atoms with Crippen LogP contribution in [0.5, 0.6) is 0 Å². The minimum atomic E-state index is -0.356. The average Bonchev–Trinajstić information content (AvgIpc) is 2.99. The van der Waals surface area contributed by atoms with E-state index in [2.05, 4.69) is 4.74 Å². The van der Waals surface area contributed by atoms with Crippen LogP contribution in [0.15, 0.2) is 0 Å². The molecule has 0 aromatic carbocycles. The van der Waals surface area contributed by atoms with Gasteiger partial charge in [0, 0.05) is 0 Å². The largest absolute Gasteiger partial charge is 0.535 e. The lowest BCUT2D eigenvalue weighted by Gasteiger charge is -2.16. The molecule has 0 spiro atoms. The standard InChI is InChI=1S/C10H18BNO4/c1-11(8-4-5-8)16-10(14)7-12(2)6-9(13)15-3/h8H,4-7H2,1-3H3. The third kappa shape index (κ3) is 4.66. The number of methoxy groups -OCH3 is 1. The number of esters is 1. The van der Waals surface area contributed by atoms with Crippen molar-refractivity contribution in [2.75, 3.05) is 27.2 Å². The molecule has 1 rings (SSSR count). The van der Waals surface area contributed by atoms with Gasteiger partial charge in [0.25, 0.3) is 0 Å². The summed E-state index contributed by atoms with van der Waals surface area (Å²) < 4.78 is 9.73. The van der Waals surface area contributed by atoms with Crippen molar-refractivity contribution in [2.24, 2.45) is 0 Å². The minimum absolute atomic E-state index is 0.000901. The van der Waals surface area contributed by atoms with Crippen molar-refractivity contribution >= 4 is 18.9 Å². The summed E-state index contributed by atoms with van der Waals surface area (Å²) in [6.45, 7) is 2.13. The van der Waals surface area contributed by atoms with Crippen LogP contribution in [0, 0.1) is 0 Å². The number of rotatable bonds is 6. The van der Waals surface area contributed by atoms with Crippen LogP contribution in [-0.4, -0.2) is 51.0 Å². The Bertz CT molecular complexity index is 268. The number of hydrogen-bond acceptors (Lipinski definition) is 5. The monoisotopic (exact) mass is 227 g/mol. The first kappa shape index (κ1) is 13.0. The lowest BCUT2D eigenvalue weighted by atomic mass is 9.65. The lowest BCUT2D eigenvalue weighted by Crippen LogP contribution is -2.34. The molecule has 0 aromatic rings. The number of carbonyl (C=O) groups is 2. The second-order valence-electron chi connectivity index (χ2n) is 4.28. The maximum atomic E-state index is 11.4. The third-order valence-electron chi connectivity index (χ3n) is 2.63. The molecule has 0 atom stereocenters. The van der Waals surface area contributed by atoms with Crippen LogP contribution in [0.4, 0.5) is 0 Å². The van der Waals surface area contributed by atoms with Crippen LogP contribution in [-0.2, 0) is 19.0 Å². The van der Waals surface area contributed by atoms with Crippen molar-refractivity contribution in [1.29, 1.82) is 0 Å². The Morgan fingerprint density at radius 2 is 1.88 bits per heavy atom. The zero-order valence-electron chi connectivity index (χ0n) is 10.1. The fourth-order valence-corrected chi connectivity index (χ4v) is 1.47. The average molecular weight is 227 g/mol. The fraction of sp³-hybridized carbons (Fsp3) is 0.800. The first-order chi connectivity index (χ1) is 7.52. The number of nitrogens with zero attached hydrogens (tertiary/aromatic N) is 1. The molecule has 1 aliphatic carbocycles.